The number of carbonyl (C=O) groups is 1. The molecule has 1 aromatic carbocycles. The molecular weight excluding hydrogens is 324 g/mol. The van der Waals surface area contributed by atoms with Gasteiger partial charge in [-0.25, -0.2) is 4.79 Å². The van der Waals surface area contributed by atoms with E-state index < -0.39 is 6.09 Å². The van der Waals surface area contributed by atoms with Crippen LogP contribution in [0.5, 0.6) is 0 Å². The van der Waals surface area contributed by atoms with Crippen molar-refractivity contribution in [3.05, 3.63) is 35.4 Å². The zero-order valence-corrected chi connectivity index (χ0v) is 16.9. The molecule has 2 saturated carbocycles. The van der Waals surface area contributed by atoms with Crippen molar-refractivity contribution in [1.82, 2.24) is 9.80 Å². The number of carboxylic acid groups (broad SMARTS) is 1. The molecule has 0 unspecified atom stereocenters. The minimum absolute atomic E-state index is 0.0466. The second-order valence-electron chi connectivity index (χ2n) is 9.38. The quantitative estimate of drug-likeness (QED) is 0.832. The number of hydrogen-bond donors (Lipinski definition) is 1. The summed E-state index contributed by atoms with van der Waals surface area (Å²) in [6, 6.07) is 9.44. The predicted molar refractivity (Wildman–Crippen MR) is 106 cm³/mol. The van der Waals surface area contributed by atoms with Gasteiger partial charge in [0.05, 0.1) is 6.04 Å². The number of rotatable bonds is 4. The largest absolute Gasteiger partial charge is 0.465 e. The van der Waals surface area contributed by atoms with Crippen molar-refractivity contribution in [3.8, 4) is 0 Å². The Morgan fingerprint density at radius 3 is 2.08 bits per heavy atom. The summed E-state index contributed by atoms with van der Waals surface area (Å²) in [5, 5.41) is 9.86. The molecule has 1 amide bonds. The highest BCUT2D eigenvalue weighted by molar-refractivity contribution is 5.66. The molecule has 1 N–H and O–H groups in total. The zero-order valence-electron chi connectivity index (χ0n) is 16.9. The van der Waals surface area contributed by atoms with E-state index in [0.717, 1.165) is 25.2 Å². The molecule has 2 fully saturated rings. The van der Waals surface area contributed by atoms with E-state index >= 15 is 0 Å². The van der Waals surface area contributed by atoms with E-state index in [1.54, 1.807) is 4.90 Å². The molecule has 26 heavy (non-hydrogen) atoms. The lowest BCUT2D eigenvalue weighted by molar-refractivity contribution is 0.0169. The molecule has 2 aliphatic rings. The van der Waals surface area contributed by atoms with Crippen LogP contribution >= 0.6 is 0 Å². The minimum atomic E-state index is -0.802. The maximum atomic E-state index is 12.0. The summed E-state index contributed by atoms with van der Waals surface area (Å²) in [6.45, 7) is 6.00. The van der Waals surface area contributed by atoms with Crippen LogP contribution in [0, 0.1) is 0 Å². The van der Waals surface area contributed by atoms with Crippen LogP contribution in [0.25, 0.3) is 0 Å². The molecular formula is C22H34N2O2. The summed E-state index contributed by atoms with van der Waals surface area (Å²) in [7, 11) is 4.17. The van der Waals surface area contributed by atoms with Crippen molar-refractivity contribution in [3.63, 3.8) is 0 Å². The summed E-state index contributed by atoms with van der Waals surface area (Å²) in [5.74, 6) is 1.30. The molecule has 0 aliphatic heterocycles. The monoisotopic (exact) mass is 358 g/mol. The van der Waals surface area contributed by atoms with Gasteiger partial charge in [0.1, 0.15) is 0 Å². The van der Waals surface area contributed by atoms with Gasteiger partial charge in [0.15, 0.2) is 0 Å². The normalized spacial score (nSPS) is 26.8. The van der Waals surface area contributed by atoms with E-state index in [4.69, 9.17) is 0 Å². The Morgan fingerprint density at radius 2 is 1.58 bits per heavy atom. The first-order valence-corrected chi connectivity index (χ1v) is 9.97. The maximum absolute atomic E-state index is 12.0. The fraction of sp³-hybridized carbons (Fsp3) is 0.682. The summed E-state index contributed by atoms with van der Waals surface area (Å²) in [5.41, 5.74) is 2.55. The highest BCUT2D eigenvalue weighted by atomic mass is 16.4. The van der Waals surface area contributed by atoms with Crippen LogP contribution in [0.4, 0.5) is 4.79 Å². The summed E-state index contributed by atoms with van der Waals surface area (Å²) in [4.78, 5) is 15.9. The molecule has 0 bridgehead atoms. The van der Waals surface area contributed by atoms with Crippen molar-refractivity contribution in [2.45, 2.75) is 82.3 Å². The molecule has 2 aliphatic carbocycles. The molecule has 0 aromatic heterocycles. The van der Waals surface area contributed by atoms with Gasteiger partial charge in [0, 0.05) is 11.6 Å². The van der Waals surface area contributed by atoms with Gasteiger partial charge in [0.25, 0.3) is 0 Å². The Morgan fingerprint density at radius 1 is 1.00 bits per heavy atom. The van der Waals surface area contributed by atoms with Gasteiger partial charge in [-0.1, -0.05) is 24.3 Å². The first kappa shape index (κ1) is 19.2. The number of nitrogens with zero attached hydrogens (tertiary/aromatic N) is 2. The van der Waals surface area contributed by atoms with Crippen molar-refractivity contribution in [2.24, 2.45) is 0 Å². The molecule has 4 heteroatoms. The minimum Gasteiger partial charge on any atom is -0.465 e. The van der Waals surface area contributed by atoms with Gasteiger partial charge in [-0.2, -0.15) is 0 Å². The molecule has 0 saturated heterocycles. The van der Waals surface area contributed by atoms with Crippen molar-refractivity contribution < 1.29 is 9.90 Å². The fourth-order valence-corrected chi connectivity index (χ4v) is 4.70. The first-order valence-electron chi connectivity index (χ1n) is 9.97. The smallest absolute Gasteiger partial charge is 0.408 e. The van der Waals surface area contributed by atoms with Crippen molar-refractivity contribution in [2.75, 3.05) is 14.1 Å². The lowest BCUT2D eigenvalue weighted by Crippen LogP contribution is -2.59. The second kappa shape index (κ2) is 7.22. The van der Waals surface area contributed by atoms with Crippen molar-refractivity contribution >= 4 is 6.09 Å². The van der Waals surface area contributed by atoms with Gasteiger partial charge in [-0.15, -0.1) is 0 Å². The number of likely N-dealkylation sites (N-methyl/N-ethyl adjacent to an activating group) is 1. The third-order valence-corrected chi connectivity index (χ3v) is 6.14. The van der Waals surface area contributed by atoms with E-state index in [1.807, 2.05) is 20.8 Å². The molecule has 0 spiro atoms. The Labute approximate surface area is 158 Å². The maximum Gasteiger partial charge on any atom is 0.408 e. The van der Waals surface area contributed by atoms with Gasteiger partial charge in [-0.05, 0) is 89.9 Å². The summed E-state index contributed by atoms with van der Waals surface area (Å²) >= 11 is 0. The van der Waals surface area contributed by atoms with Crippen LogP contribution < -0.4 is 0 Å². The summed E-state index contributed by atoms with van der Waals surface area (Å²) in [6.07, 6.45) is 4.86. The van der Waals surface area contributed by atoms with Crippen LogP contribution in [-0.4, -0.2) is 52.7 Å². The van der Waals surface area contributed by atoms with E-state index in [1.165, 1.54) is 24.0 Å². The Kier molecular flexibility index (Phi) is 5.34. The third kappa shape index (κ3) is 4.06. The Hall–Kier alpha value is -1.55. The molecule has 0 heterocycles. The van der Waals surface area contributed by atoms with Gasteiger partial charge < -0.3 is 10.0 Å². The van der Waals surface area contributed by atoms with Gasteiger partial charge in [0.2, 0.25) is 0 Å². The molecule has 3 rings (SSSR count). The lowest BCUT2D eigenvalue weighted by Gasteiger charge is -2.48. The molecule has 0 radical (unpaired) electrons. The topological polar surface area (TPSA) is 43.8 Å². The molecule has 3 atom stereocenters. The van der Waals surface area contributed by atoms with E-state index in [2.05, 4.69) is 43.3 Å². The average molecular weight is 359 g/mol. The van der Waals surface area contributed by atoms with Crippen LogP contribution in [0.15, 0.2) is 24.3 Å². The highest BCUT2D eigenvalue weighted by Crippen LogP contribution is 2.43. The highest BCUT2D eigenvalue weighted by Gasteiger charge is 2.42. The molecule has 144 valence electrons. The van der Waals surface area contributed by atoms with Crippen LogP contribution in [0.3, 0.4) is 0 Å². The standard InChI is InChI=1S/C22H34N2O2/c1-22(2,3)24(21(25)26)19-12-11-18(14-20(19)23(4)5)17-8-6-7-16(13-17)15-9-10-15/h6-8,13,15,18-20H,9-12,14H2,1-5H3,(H,25,26)/t18-,19-,20-/m0/s1. The number of benzene rings is 1. The van der Waals surface area contributed by atoms with Gasteiger partial charge in [-0.3, -0.25) is 4.90 Å². The van der Waals surface area contributed by atoms with Crippen molar-refractivity contribution in [1.29, 1.82) is 0 Å². The van der Waals surface area contributed by atoms with Crippen LogP contribution in [0.1, 0.15) is 75.8 Å². The predicted octanol–water partition coefficient (Wildman–Crippen LogP) is 4.91. The Bertz CT molecular complexity index is 646. The fourth-order valence-electron chi connectivity index (χ4n) is 4.70. The SMILES string of the molecule is CN(C)[C@H]1C[C@@H](c2cccc(C3CC3)c2)CC[C@@H]1N(C(=O)O)C(C)(C)C. The third-order valence-electron chi connectivity index (χ3n) is 6.14. The second-order valence-corrected chi connectivity index (χ2v) is 9.38. The Balaban J connectivity index is 1.81. The number of amides is 1. The van der Waals surface area contributed by atoms with Crippen LogP contribution in [0.2, 0.25) is 0 Å². The average Bonchev–Trinajstić information content (AvgIpc) is 3.38. The lowest BCUT2D eigenvalue weighted by atomic mass is 9.76. The number of hydrogen-bond acceptors (Lipinski definition) is 2. The van der Waals surface area contributed by atoms with Crippen LogP contribution in [-0.2, 0) is 0 Å². The zero-order chi connectivity index (χ0) is 19.1. The first-order chi connectivity index (χ1) is 12.2. The van der Waals surface area contributed by atoms with E-state index in [9.17, 15) is 9.90 Å². The van der Waals surface area contributed by atoms with E-state index in [-0.39, 0.29) is 17.6 Å². The summed E-state index contributed by atoms with van der Waals surface area (Å²) < 4.78 is 0. The molecule has 1 aromatic rings. The molecule has 4 nitrogen and oxygen atoms in total. The van der Waals surface area contributed by atoms with E-state index in [0.29, 0.717) is 5.92 Å². The van der Waals surface area contributed by atoms with Gasteiger partial charge >= 0.3 is 6.09 Å².